The second-order valence-corrected chi connectivity index (χ2v) is 7.31. The Morgan fingerprint density at radius 3 is 2.38 bits per heavy atom. The van der Waals surface area contributed by atoms with Gasteiger partial charge in [-0.25, -0.2) is 4.68 Å². The number of para-hydroxylation sites is 1. The van der Waals surface area contributed by atoms with E-state index in [-0.39, 0.29) is 11.8 Å². The van der Waals surface area contributed by atoms with Crippen molar-refractivity contribution < 1.29 is 9.59 Å². The second-order valence-electron chi connectivity index (χ2n) is 6.36. The summed E-state index contributed by atoms with van der Waals surface area (Å²) in [6.45, 7) is 1.44. The maximum Gasteiger partial charge on any atom is 0.259 e. The fourth-order valence-corrected chi connectivity index (χ4v) is 3.65. The quantitative estimate of drug-likeness (QED) is 0.503. The molecule has 0 bridgehead atoms. The van der Waals surface area contributed by atoms with Crippen molar-refractivity contribution in [3.63, 3.8) is 0 Å². The zero-order chi connectivity index (χ0) is 20.2. The highest BCUT2D eigenvalue weighted by Gasteiger charge is 2.19. The molecule has 0 saturated heterocycles. The van der Waals surface area contributed by atoms with Gasteiger partial charge in [-0.05, 0) is 41.8 Å². The van der Waals surface area contributed by atoms with Crippen LogP contribution >= 0.6 is 11.3 Å². The summed E-state index contributed by atoms with van der Waals surface area (Å²) in [5.41, 5.74) is 3.18. The first kappa shape index (κ1) is 18.6. The molecule has 0 aliphatic rings. The van der Waals surface area contributed by atoms with E-state index in [1.165, 1.54) is 18.3 Å². The molecule has 4 rings (SSSR count). The summed E-state index contributed by atoms with van der Waals surface area (Å²) in [4.78, 5) is 25.2. The summed E-state index contributed by atoms with van der Waals surface area (Å²) in [6.07, 6.45) is 1.73. The monoisotopic (exact) mass is 402 g/mol. The number of aromatic nitrogens is 2. The first-order chi connectivity index (χ1) is 14.1. The Morgan fingerprint density at radius 2 is 1.69 bits per heavy atom. The molecule has 0 radical (unpaired) electrons. The van der Waals surface area contributed by atoms with Crippen molar-refractivity contribution >= 4 is 34.5 Å². The van der Waals surface area contributed by atoms with Crippen molar-refractivity contribution in [3.05, 3.63) is 83.9 Å². The van der Waals surface area contributed by atoms with Crippen LogP contribution in [0.3, 0.4) is 0 Å². The van der Waals surface area contributed by atoms with Gasteiger partial charge < -0.3 is 10.6 Å². The van der Waals surface area contributed by atoms with Gasteiger partial charge in [-0.3, -0.25) is 9.59 Å². The Hall–Kier alpha value is -3.71. The van der Waals surface area contributed by atoms with Crippen molar-refractivity contribution in [2.24, 2.45) is 0 Å². The minimum atomic E-state index is -0.268. The van der Waals surface area contributed by atoms with E-state index < -0.39 is 0 Å². The molecule has 0 aliphatic carbocycles. The minimum Gasteiger partial charge on any atom is -0.326 e. The molecule has 0 atom stereocenters. The number of nitrogens with one attached hydrogen (secondary N) is 2. The molecule has 4 aromatic rings. The van der Waals surface area contributed by atoms with Gasteiger partial charge in [0.2, 0.25) is 5.91 Å². The van der Waals surface area contributed by atoms with Gasteiger partial charge >= 0.3 is 0 Å². The summed E-state index contributed by atoms with van der Waals surface area (Å²) >= 11 is 1.53. The Bertz CT molecular complexity index is 1150. The molecule has 7 heteroatoms. The molecule has 2 aromatic heterocycles. The second kappa shape index (κ2) is 8.12. The lowest BCUT2D eigenvalue weighted by Gasteiger charge is -2.07. The smallest absolute Gasteiger partial charge is 0.259 e. The lowest BCUT2D eigenvalue weighted by Crippen LogP contribution is -2.13. The molecule has 6 nitrogen and oxygen atoms in total. The zero-order valence-electron chi connectivity index (χ0n) is 15.6. The van der Waals surface area contributed by atoms with Crippen LogP contribution in [0, 0.1) is 0 Å². The molecular formula is C22H18N4O2S. The van der Waals surface area contributed by atoms with Crippen LogP contribution in [0.1, 0.15) is 17.3 Å². The van der Waals surface area contributed by atoms with E-state index in [1.54, 1.807) is 35.1 Å². The van der Waals surface area contributed by atoms with Gasteiger partial charge in [-0.2, -0.15) is 5.10 Å². The van der Waals surface area contributed by atoms with Crippen molar-refractivity contribution in [2.45, 2.75) is 6.92 Å². The van der Waals surface area contributed by atoms with Gasteiger partial charge in [-0.15, -0.1) is 11.3 Å². The molecule has 29 heavy (non-hydrogen) atoms. The van der Waals surface area contributed by atoms with Crippen LogP contribution in [0.15, 0.2) is 78.3 Å². The summed E-state index contributed by atoms with van der Waals surface area (Å²) in [6, 6.07) is 20.6. The van der Waals surface area contributed by atoms with E-state index in [0.717, 1.165) is 10.6 Å². The molecule has 2 aromatic carbocycles. The number of nitrogens with zero attached hydrogens (tertiary/aromatic N) is 2. The molecule has 2 heterocycles. The van der Waals surface area contributed by atoms with Crippen LogP contribution in [-0.2, 0) is 4.79 Å². The number of hydrogen-bond acceptors (Lipinski definition) is 4. The lowest BCUT2D eigenvalue weighted by molar-refractivity contribution is -0.114. The highest BCUT2D eigenvalue weighted by molar-refractivity contribution is 7.13. The van der Waals surface area contributed by atoms with Gasteiger partial charge in [0.1, 0.15) is 5.69 Å². The summed E-state index contributed by atoms with van der Waals surface area (Å²) in [5, 5.41) is 12.2. The summed E-state index contributed by atoms with van der Waals surface area (Å²) < 4.78 is 1.71. The number of amides is 2. The van der Waals surface area contributed by atoms with E-state index in [1.807, 2.05) is 47.8 Å². The average molecular weight is 402 g/mol. The topological polar surface area (TPSA) is 76.0 Å². The molecular weight excluding hydrogens is 384 g/mol. The molecule has 144 valence electrons. The van der Waals surface area contributed by atoms with Gasteiger partial charge in [-0.1, -0.05) is 30.3 Å². The number of rotatable bonds is 5. The third kappa shape index (κ3) is 4.25. The van der Waals surface area contributed by atoms with Crippen molar-refractivity contribution in [2.75, 3.05) is 10.6 Å². The molecule has 0 unspecified atom stereocenters. The van der Waals surface area contributed by atoms with E-state index in [4.69, 9.17) is 0 Å². The fraction of sp³-hybridized carbons (Fsp3) is 0.0455. The first-order valence-corrected chi connectivity index (χ1v) is 9.86. The molecule has 0 spiro atoms. The third-order valence-electron chi connectivity index (χ3n) is 4.17. The standard InChI is InChI=1S/C22H18N4O2S/c1-15(27)23-16-7-5-8-17(13-16)24-22(28)19-14-26(18-9-3-2-4-10-18)25-21(19)20-11-6-12-29-20/h2-14H,1H3,(H,23,27)(H,24,28). The molecule has 0 saturated carbocycles. The number of benzene rings is 2. The number of hydrogen-bond donors (Lipinski definition) is 2. The highest BCUT2D eigenvalue weighted by atomic mass is 32.1. The van der Waals surface area contributed by atoms with Gasteiger partial charge in [0.05, 0.1) is 16.1 Å². The average Bonchev–Trinajstić information content (AvgIpc) is 3.38. The minimum absolute atomic E-state index is 0.169. The Balaban J connectivity index is 1.67. The molecule has 0 fully saturated rings. The maximum absolute atomic E-state index is 13.1. The third-order valence-corrected chi connectivity index (χ3v) is 5.05. The van der Waals surface area contributed by atoms with Crippen molar-refractivity contribution in [1.29, 1.82) is 0 Å². The van der Waals surface area contributed by atoms with E-state index >= 15 is 0 Å². The van der Waals surface area contributed by atoms with E-state index in [2.05, 4.69) is 15.7 Å². The van der Waals surface area contributed by atoms with Crippen LogP contribution in [0.2, 0.25) is 0 Å². The number of carbonyl (C=O) groups excluding carboxylic acids is 2. The highest BCUT2D eigenvalue weighted by Crippen LogP contribution is 2.28. The SMILES string of the molecule is CC(=O)Nc1cccc(NC(=O)c2cn(-c3ccccc3)nc2-c2cccs2)c1. The van der Waals surface area contributed by atoms with Crippen molar-refractivity contribution in [1.82, 2.24) is 9.78 Å². The predicted molar refractivity (Wildman–Crippen MR) is 116 cm³/mol. The molecule has 2 amide bonds. The zero-order valence-corrected chi connectivity index (χ0v) is 16.4. The normalized spacial score (nSPS) is 10.5. The fourth-order valence-electron chi connectivity index (χ4n) is 2.92. The van der Waals surface area contributed by atoms with Crippen LogP contribution in [0.4, 0.5) is 11.4 Å². The first-order valence-electron chi connectivity index (χ1n) is 8.98. The Labute approximate surface area is 171 Å². The predicted octanol–water partition coefficient (Wildman–Crippen LogP) is 4.81. The molecule has 2 N–H and O–H groups in total. The number of thiophene rings is 1. The van der Waals surface area contributed by atoms with Crippen LogP contribution in [0.5, 0.6) is 0 Å². The van der Waals surface area contributed by atoms with Crippen LogP contribution in [-0.4, -0.2) is 21.6 Å². The van der Waals surface area contributed by atoms with Gasteiger partial charge in [0, 0.05) is 24.5 Å². The Morgan fingerprint density at radius 1 is 0.931 bits per heavy atom. The van der Waals surface area contributed by atoms with E-state index in [0.29, 0.717) is 22.6 Å². The van der Waals surface area contributed by atoms with Crippen LogP contribution < -0.4 is 10.6 Å². The molecule has 0 aliphatic heterocycles. The Kier molecular flexibility index (Phi) is 5.22. The van der Waals surface area contributed by atoms with Gasteiger partial charge in [0.15, 0.2) is 0 Å². The van der Waals surface area contributed by atoms with Crippen molar-refractivity contribution in [3.8, 4) is 16.3 Å². The maximum atomic E-state index is 13.1. The van der Waals surface area contributed by atoms with E-state index in [9.17, 15) is 9.59 Å². The summed E-state index contributed by atoms with van der Waals surface area (Å²) in [7, 11) is 0. The number of anilines is 2. The van der Waals surface area contributed by atoms with Crippen LogP contribution in [0.25, 0.3) is 16.3 Å². The van der Waals surface area contributed by atoms with Gasteiger partial charge in [0.25, 0.3) is 5.91 Å². The lowest BCUT2D eigenvalue weighted by atomic mass is 10.2. The largest absolute Gasteiger partial charge is 0.326 e. The summed E-state index contributed by atoms with van der Waals surface area (Å²) in [5.74, 6) is -0.437. The number of carbonyl (C=O) groups is 2.